The summed E-state index contributed by atoms with van der Waals surface area (Å²) in [4.78, 5) is 33.2. The van der Waals surface area contributed by atoms with Crippen molar-refractivity contribution in [2.75, 3.05) is 19.8 Å². The summed E-state index contributed by atoms with van der Waals surface area (Å²) in [5.41, 5.74) is 0. The molecule has 0 rings (SSSR count). The first-order valence-corrected chi connectivity index (χ1v) is 6.27. The summed E-state index contributed by atoms with van der Waals surface area (Å²) in [7, 11) is 0. The van der Waals surface area contributed by atoms with E-state index in [1.165, 1.54) is 0 Å². The lowest BCUT2D eigenvalue weighted by atomic mass is 10.4. The van der Waals surface area contributed by atoms with Gasteiger partial charge in [-0.3, -0.25) is 0 Å². The molecule has 6 heteroatoms. The number of carbonyl (C=O) groups excluding carboxylic acids is 3. The van der Waals surface area contributed by atoms with Crippen molar-refractivity contribution < 1.29 is 28.6 Å². The summed E-state index contributed by atoms with van der Waals surface area (Å²) >= 11 is 0. The molecule has 19 heavy (non-hydrogen) atoms. The Hall–Kier alpha value is -1.85. The van der Waals surface area contributed by atoms with E-state index < -0.39 is 24.5 Å². The third-order valence-electron chi connectivity index (χ3n) is 1.90. The van der Waals surface area contributed by atoms with Gasteiger partial charge in [0, 0.05) is 12.2 Å². The van der Waals surface area contributed by atoms with Gasteiger partial charge in [-0.05, 0) is 12.8 Å². The molecule has 0 heterocycles. The van der Waals surface area contributed by atoms with Gasteiger partial charge >= 0.3 is 17.9 Å². The lowest BCUT2D eigenvalue weighted by Crippen LogP contribution is -2.16. The minimum absolute atomic E-state index is 0.288. The molecule has 0 atom stereocenters. The monoisotopic (exact) mass is 272 g/mol. The van der Waals surface area contributed by atoms with Gasteiger partial charge in [0.15, 0.2) is 6.61 Å². The average Bonchev–Trinajstić information content (AvgIpc) is 2.40. The summed E-state index contributed by atoms with van der Waals surface area (Å²) in [6.07, 6.45) is 4.27. The molecular weight excluding hydrogens is 252 g/mol. The fraction of sp³-hybridized carbons (Fsp3) is 0.615. The lowest BCUT2D eigenvalue weighted by molar-refractivity contribution is -0.156. The van der Waals surface area contributed by atoms with Gasteiger partial charge in [0.1, 0.15) is 0 Å². The summed E-state index contributed by atoms with van der Waals surface area (Å²) in [6, 6.07) is 0. The molecule has 0 saturated carbocycles. The maximum atomic E-state index is 11.1. The zero-order chi connectivity index (χ0) is 14.5. The molecule has 0 amide bonds. The molecule has 0 fully saturated rings. The molecule has 0 N–H and O–H groups in total. The average molecular weight is 272 g/mol. The molecule has 0 radical (unpaired) electrons. The van der Waals surface area contributed by atoms with Crippen molar-refractivity contribution in [3.63, 3.8) is 0 Å². The fourth-order valence-corrected chi connectivity index (χ4v) is 0.937. The van der Waals surface area contributed by atoms with Gasteiger partial charge in [0.25, 0.3) is 0 Å². The van der Waals surface area contributed by atoms with Crippen molar-refractivity contribution in [2.45, 2.75) is 33.1 Å². The summed E-state index contributed by atoms with van der Waals surface area (Å²) in [5.74, 6) is -2.02. The minimum atomic E-state index is -0.791. The van der Waals surface area contributed by atoms with Crippen LogP contribution in [-0.4, -0.2) is 37.7 Å². The van der Waals surface area contributed by atoms with Gasteiger partial charge in [-0.25, -0.2) is 14.4 Å². The van der Waals surface area contributed by atoms with Crippen LogP contribution in [0.4, 0.5) is 0 Å². The Labute approximate surface area is 112 Å². The number of ether oxygens (including phenoxy) is 3. The zero-order valence-electron chi connectivity index (χ0n) is 11.3. The molecule has 0 bridgehead atoms. The van der Waals surface area contributed by atoms with E-state index in [0.29, 0.717) is 13.0 Å². The molecule has 0 spiro atoms. The van der Waals surface area contributed by atoms with Gasteiger partial charge < -0.3 is 14.2 Å². The third-order valence-corrected chi connectivity index (χ3v) is 1.90. The summed E-state index contributed by atoms with van der Waals surface area (Å²) < 4.78 is 14.1. The highest BCUT2D eigenvalue weighted by molar-refractivity contribution is 5.92. The van der Waals surface area contributed by atoms with Crippen LogP contribution in [0.1, 0.15) is 33.1 Å². The van der Waals surface area contributed by atoms with E-state index in [1.807, 2.05) is 13.8 Å². The summed E-state index contributed by atoms with van der Waals surface area (Å²) in [6.45, 7) is 3.97. The topological polar surface area (TPSA) is 78.9 Å². The van der Waals surface area contributed by atoms with Crippen LogP contribution in [0.3, 0.4) is 0 Å². The summed E-state index contributed by atoms with van der Waals surface area (Å²) in [5, 5.41) is 0. The second-order valence-electron chi connectivity index (χ2n) is 3.68. The Morgan fingerprint density at radius 1 is 0.842 bits per heavy atom. The van der Waals surface area contributed by atoms with Crippen molar-refractivity contribution in [3.8, 4) is 0 Å². The molecule has 0 aliphatic heterocycles. The first-order chi connectivity index (χ1) is 9.10. The zero-order valence-corrected chi connectivity index (χ0v) is 11.3. The van der Waals surface area contributed by atoms with E-state index in [-0.39, 0.29) is 6.61 Å². The fourth-order valence-electron chi connectivity index (χ4n) is 0.937. The number of hydrogen-bond acceptors (Lipinski definition) is 6. The van der Waals surface area contributed by atoms with Crippen LogP contribution in [0.2, 0.25) is 0 Å². The maximum absolute atomic E-state index is 11.1. The Bertz CT molecular complexity index is 321. The quantitative estimate of drug-likeness (QED) is 0.273. The number of unbranched alkanes of at least 4 members (excludes halogenated alkanes) is 1. The highest BCUT2D eigenvalue weighted by Gasteiger charge is 2.06. The van der Waals surface area contributed by atoms with Gasteiger partial charge in [-0.2, -0.15) is 0 Å². The molecule has 0 aliphatic carbocycles. The van der Waals surface area contributed by atoms with Crippen LogP contribution in [-0.2, 0) is 28.6 Å². The normalized spacial score (nSPS) is 10.2. The van der Waals surface area contributed by atoms with Crippen molar-refractivity contribution >= 4 is 17.9 Å². The van der Waals surface area contributed by atoms with E-state index in [0.717, 1.165) is 25.0 Å². The largest absolute Gasteiger partial charge is 0.463 e. The third kappa shape index (κ3) is 11.0. The number of rotatable bonds is 9. The van der Waals surface area contributed by atoms with Crippen LogP contribution < -0.4 is 0 Å². The Morgan fingerprint density at radius 2 is 1.47 bits per heavy atom. The number of hydrogen-bond donors (Lipinski definition) is 0. The van der Waals surface area contributed by atoms with E-state index in [9.17, 15) is 14.4 Å². The van der Waals surface area contributed by atoms with E-state index >= 15 is 0 Å². The number of esters is 3. The van der Waals surface area contributed by atoms with E-state index in [4.69, 9.17) is 9.47 Å². The van der Waals surface area contributed by atoms with Gasteiger partial charge in [0.05, 0.1) is 13.2 Å². The van der Waals surface area contributed by atoms with Crippen LogP contribution in [0.15, 0.2) is 12.2 Å². The molecule has 6 nitrogen and oxygen atoms in total. The second kappa shape index (κ2) is 11.3. The standard InChI is InChI=1S/C13H20O6/c1-3-5-9-18-11(14)6-7-12(15)19-10-13(16)17-8-4-2/h6-7H,3-5,8-10H2,1-2H3/b7-6-. The highest BCUT2D eigenvalue weighted by Crippen LogP contribution is 1.91. The molecule has 0 aromatic heterocycles. The Kier molecular flexibility index (Phi) is 10.2. The molecule has 0 saturated heterocycles. The van der Waals surface area contributed by atoms with E-state index in [1.54, 1.807) is 0 Å². The van der Waals surface area contributed by atoms with Crippen LogP contribution in [0, 0.1) is 0 Å². The molecule has 0 unspecified atom stereocenters. The lowest BCUT2D eigenvalue weighted by Gasteiger charge is -2.02. The van der Waals surface area contributed by atoms with Crippen molar-refractivity contribution in [1.82, 2.24) is 0 Å². The molecular formula is C13H20O6. The van der Waals surface area contributed by atoms with Crippen LogP contribution in [0.25, 0.3) is 0 Å². The van der Waals surface area contributed by atoms with Crippen molar-refractivity contribution in [3.05, 3.63) is 12.2 Å². The molecule has 0 aromatic rings. The van der Waals surface area contributed by atoms with Crippen LogP contribution in [0.5, 0.6) is 0 Å². The second-order valence-corrected chi connectivity index (χ2v) is 3.68. The highest BCUT2D eigenvalue weighted by atomic mass is 16.6. The van der Waals surface area contributed by atoms with Crippen LogP contribution >= 0.6 is 0 Å². The first kappa shape index (κ1) is 17.2. The predicted molar refractivity (Wildman–Crippen MR) is 67.2 cm³/mol. The first-order valence-electron chi connectivity index (χ1n) is 6.27. The smallest absolute Gasteiger partial charge is 0.344 e. The van der Waals surface area contributed by atoms with Crippen molar-refractivity contribution in [2.24, 2.45) is 0 Å². The maximum Gasteiger partial charge on any atom is 0.344 e. The Balaban J connectivity index is 3.78. The predicted octanol–water partition coefficient (Wildman–Crippen LogP) is 1.38. The van der Waals surface area contributed by atoms with Gasteiger partial charge in [-0.1, -0.05) is 20.3 Å². The molecule has 0 aromatic carbocycles. The minimum Gasteiger partial charge on any atom is -0.463 e. The van der Waals surface area contributed by atoms with Gasteiger partial charge in [-0.15, -0.1) is 0 Å². The van der Waals surface area contributed by atoms with E-state index in [2.05, 4.69) is 4.74 Å². The SMILES string of the molecule is CCCCOC(=O)/C=C\C(=O)OCC(=O)OCCC. The molecule has 0 aliphatic rings. The van der Waals surface area contributed by atoms with Gasteiger partial charge in [0.2, 0.25) is 0 Å². The molecule has 108 valence electrons. The van der Waals surface area contributed by atoms with Crippen molar-refractivity contribution in [1.29, 1.82) is 0 Å². The number of carbonyl (C=O) groups is 3. The Morgan fingerprint density at radius 3 is 2.05 bits per heavy atom.